The molecule has 2 rings (SSSR count). The van der Waals surface area contributed by atoms with E-state index in [9.17, 15) is 9.18 Å². The monoisotopic (exact) mass is 178 g/mol. The Bertz CT molecular complexity index is 455. The van der Waals surface area contributed by atoms with Crippen LogP contribution < -0.4 is 5.69 Å². The number of aromatic amines is 1. The fraction of sp³-hybridized carbons (Fsp3) is 0. The molecule has 1 aromatic heterocycles. The van der Waals surface area contributed by atoms with Crippen LogP contribution in [0.4, 0.5) is 4.39 Å². The van der Waals surface area contributed by atoms with Crippen LogP contribution in [0.1, 0.15) is 0 Å². The van der Waals surface area contributed by atoms with Gasteiger partial charge in [0.15, 0.2) is 0 Å². The Hall–Kier alpha value is -1.84. The van der Waals surface area contributed by atoms with E-state index in [4.69, 9.17) is 0 Å². The first-order valence-electron chi connectivity index (χ1n) is 3.79. The molecule has 0 aliphatic heterocycles. The van der Waals surface area contributed by atoms with Gasteiger partial charge in [-0.25, -0.2) is 9.18 Å². The second-order valence-electron chi connectivity index (χ2n) is 2.61. The molecule has 0 aliphatic rings. The van der Waals surface area contributed by atoms with Gasteiger partial charge in [-0.15, -0.1) is 0 Å². The normalized spacial score (nSPS) is 10.2. The topological polar surface area (TPSA) is 37.8 Å². The standard InChI is InChI=1S/C9H7FN2O/c10-7-1-3-8(4-2-7)12-6-5-11-9(12)13/h1-6H,(H,11,13). The Kier molecular flexibility index (Phi) is 1.73. The van der Waals surface area contributed by atoms with Crippen LogP contribution in [0.2, 0.25) is 0 Å². The molecule has 0 fully saturated rings. The smallest absolute Gasteiger partial charge is 0.312 e. The van der Waals surface area contributed by atoms with Gasteiger partial charge in [-0.3, -0.25) is 4.57 Å². The van der Waals surface area contributed by atoms with Gasteiger partial charge in [0.2, 0.25) is 0 Å². The number of aromatic nitrogens is 2. The summed E-state index contributed by atoms with van der Waals surface area (Å²) < 4.78 is 13.9. The molecule has 0 atom stereocenters. The van der Waals surface area contributed by atoms with Crippen LogP contribution in [0.15, 0.2) is 41.5 Å². The lowest BCUT2D eigenvalue weighted by Gasteiger charge is -1.98. The maximum Gasteiger partial charge on any atom is 0.330 e. The van der Waals surface area contributed by atoms with Crippen LogP contribution >= 0.6 is 0 Å². The van der Waals surface area contributed by atoms with E-state index in [0.717, 1.165) is 0 Å². The van der Waals surface area contributed by atoms with Crippen molar-refractivity contribution in [1.82, 2.24) is 9.55 Å². The van der Waals surface area contributed by atoms with Crippen molar-refractivity contribution in [1.29, 1.82) is 0 Å². The summed E-state index contributed by atoms with van der Waals surface area (Å²) in [6, 6.07) is 5.72. The van der Waals surface area contributed by atoms with E-state index in [-0.39, 0.29) is 11.5 Å². The summed E-state index contributed by atoms with van der Waals surface area (Å²) in [5, 5.41) is 0. The summed E-state index contributed by atoms with van der Waals surface area (Å²) in [5.41, 5.74) is 0.416. The molecule has 1 aromatic carbocycles. The number of benzene rings is 1. The molecule has 2 aromatic rings. The predicted octanol–water partition coefficient (Wildman–Crippen LogP) is 1.30. The predicted molar refractivity (Wildman–Crippen MR) is 46.3 cm³/mol. The third-order valence-corrected chi connectivity index (χ3v) is 1.75. The number of imidazole rings is 1. The van der Waals surface area contributed by atoms with Crippen molar-refractivity contribution in [3.8, 4) is 5.69 Å². The van der Waals surface area contributed by atoms with Crippen LogP contribution in [-0.4, -0.2) is 9.55 Å². The highest BCUT2D eigenvalue weighted by molar-refractivity contribution is 5.31. The van der Waals surface area contributed by atoms with Gasteiger partial charge in [-0.05, 0) is 24.3 Å². The fourth-order valence-corrected chi connectivity index (χ4v) is 1.13. The highest BCUT2D eigenvalue weighted by Crippen LogP contribution is 2.05. The molecule has 0 radical (unpaired) electrons. The Morgan fingerprint density at radius 3 is 2.46 bits per heavy atom. The first-order chi connectivity index (χ1) is 6.27. The Morgan fingerprint density at radius 2 is 1.92 bits per heavy atom. The molecule has 0 aliphatic carbocycles. The zero-order chi connectivity index (χ0) is 9.26. The molecule has 4 heteroatoms. The van der Waals surface area contributed by atoms with Gasteiger partial charge in [0.1, 0.15) is 5.82 Å². The third kappa shape index (κ3) is 1.38. The first-order valence-corrected chi connectivity index (χ1v) is 3.79. The molecular formula is C9H7FN2O. The lowest BCUT2D eigenvalue weighted by atomic mass is 10.3. The minimum Gasteiger partial charge on any atom is -0.312 e. The van der Waals surface area contributed by atoms with E-state index >= 15 is 0 Å². The number of rotatable bonds is 1. The Balaban J connectivity index is 2.54. The highest BCUT2D eigenvalue weighted by atomic mass is 19.1. The molecule has 13 heavy (non-hydrogen) atoms. The second kappa shape index (κ2) is 2.90. The van der Waals surface area contributed by atoms with Crippen molar-refractivity contribution in [2.45, 2.75) is 0 Å². The number of hydrogen-bond donors (Lipinski definition) is 1. The summed E-state index contributed by atoms with van der Waals surface area (Å²) in [4.78, 5) is 13.6. The van der Waals surface area contributed by atoms with Crippen molar-refractivity contribution >= 4 is 0 Å². The maximum absolute atomic E-state index is 12.5. The van der Waals surface area contributed by atoms with Gasteiger partial charge in [0.05, 0.1) is 5.69 Å². The summed E-state index contributed by atoms with van der Waals surface area (Å²) >= 11 is 0. The maximum atomic E-state index is 12.5. The van der Waals surface area contributed by atoms with Gasteiger partial charge >= 0.3 is 5.69 Å². The molecule has 1 N–H and O–H groups in total. The van der Waals surface area contributed by atoms with Crippen LogP contribution in [0.3, 0.4) is 0 Å². The average Bonchev–Trinajstić information content (AvgIpc) is 2.53. The zero-order valence-corrected chi connectivity index (χ0v) is 6.70. The van der Waals surface area contributed by atoms with E-state index in [1.54, 1.807) is 18.3 Å². The molecule has 0 spiro atoms. The SMILES string of the molecule is O=c1[nH]ccn1-c1ccc(F)cc1. The van der Waals surface area contributed by atoms with Crippen LogP contribution in [-0.2, 0) is 0 Å². The minimum atomic E-state index is -0.313. The quantitative estimate of drug-likeness (QED) is 0.702. The Morgan fingerprint density at radius 1 is 1.23 bits per heavy atom. The average molecular weight is 178 g/mol. The van der Waals surface area contributed by atoms with Crippen molar-refractivity contribution in [2.24, 2.45) is 0 Å². The number of hydrogen-bond acceptors (Lipinski definition) is 1. The van der Waals surface area contributed by atoms with Crippen molar-refractivity contribution in [3.05, 3.63) is 53.0 Å². The summed E-state index contributed by atoms with van der Waals surface area (Å²) in [6.07, 6.45) is 3.13. The zero-order valence-electron chi connectivity index (χ0n) is 6.70. The molecule has 0 bridgehead atoms. The number of nitrogens with one attached hydrogen (secondary N) is 1. The van der Waals surface area contributed by atoms with Crippen molar-refractivity contribution < 1.29 is 4.39 Å². The first kappa shape index (κ1) is 7.79. The van der Waals surface area contributed by atoms with Gasteiger partial charge in [0, 0.05) is 12.4 Å². The van der Waals surface area contributed by atoms with Gasteiger partial charge in [-0.1, -0.05) is 0 Å². The van der Waals surface area contributed by atoms with Crippen LogP contribution in [0.25, 0.3) is 5.69 Å². The molecule has 0 saturated heterocycles. The minimum absolute atomic E-state index is 0.230. The molecule has 1 heterocycles. The molecule has 0 amide bonds. The summed E-state index contributed by atoms with van der Waals surface area (Å²) in [6.45, 7) is 0. The molecule has 66 valence electrons. The summed E-state index contributed by atoms with van der Waals surface area (Å²) in [5.74, 6) is -0.313. The third-order valence-electron chi connectivity index (χ3n) is 1.75. The van der Waals surface area contributed by atoms with E-state index in [1.165, 1.54) is 22.9 Å². The van der Waals surface area contributed by atoms with E-state index in [1.807, 2.05) is 0 Å². The molecular weight excluding hydrogens is 171 g/mol. The number of H-pyrrole nitrogens is 1. The van der Waals surface area contributed by atoms with Crippen LogP contribution in [0.5, 0.6) is 0 Å². The van der Waals surface area contributed by atoms with Crippen molar-refractivity contribution in [2.75, 3.05) is 0 Å². The number of halogens is 1. The van der Waals surface area contributed by atoms with Gasteiger partial charge in [0.25, 0.3) is 0 Å². The van der Waals surface area contributed by atoms with Crippen LogP contribution in [0, 0.1) is 5.82 Å². The lowest BCUT2D eigenvalue weighted by Crippen LogP contribution is -2.13. The summed E-state index contributed by atoms with van der Waals surface area (Å²) in [7, 11) is 0. The largest absolute Gasteiger partial charge is 0.330 e. The second-order valence-corrected chi connectivity index (χ2v) is 2.61. The van der Waals surface area contributed by atoms with Crippen molar-refractivity contribution in [3.63, 3.8) is 0 Å². The lowest BCUT2D eigenvalue weighted by molar-refractivity contribution is 0.627. The molecule has 3 nitrogen and oxygen atoms in total. The van der Waals surface area contributed by atoms with E-state index in [0.29, 0.717) is 5.69 Å². The fourth-order valence-electron chi connectivity index (χ4n) is 1.13. The highest BCUT2D eigenvalue weighted by Gasteiger charge is 1.98. The van der Waals surface area contributed by atoms with E-state index in [2.05, 4.69) is 4.98 Å². The van der Waals surface area contributed by atoms with Gasteiger partial charge in [-0.2, -0.15) is 0 Å². The Labute approximate surface area is 73.5 Å². The molecule has 0 saturated carbocycles. The van der Waals surface area contributed by atoms with Gasteiger partial charge < -0.3 is 4.98 Å². The number of nitrogens with zero attached hydrogens (tertiary/aromatic N) is 1. The van der Waals surface area contributed by atoms with E-state index < -0.39 is 0 Å². The molecule has 0 unspecified atom stereocenters.